The Kier molecular flexibility index (Phi) is 20.1. The van der Waals surface area contributed by atoms with Crippen molar-refractivity contribution < 1.29 is 9.13 Å². The topological polar surface area (TPSA) is 22.1 Å². The molecule has 0 unspecified atom stereocenters. The van der Waals surface area contributed by atoms with Gasteiger partial charge in [0.2, 0.25) is 0 Å². The van der Waals surface area contributed by atoms with E-state index in [1.54, 1.807) is 13.2 Å². The van der Waals surface area contributed by atoms with Gasteiger partial charge in [0.1, 0.15) is 11.6 Å². The predicted octanol–water partition coefficient (Wildman–Crippen LogP) is 15.3. The van der Waals surface area contributed by atoms with Crippen LogP contribution in [0.1, 0.15) is 203 Å². The molecule has 3 heteroatoms. The molecule has 0 aliphatic rings. The lowest BCUT2D eigenvalue weighted by Crippen LogP contribution is -1.96. The molecule has 51 heavy (non-hydrogen) atoms. The maximum absolute atomic E-state index is 13.5. The molecule has 0 radical (unpaired) electrons. The predicted molar refractivity (Wildman–Crippen MR) is 223 cm³/mol. The number of pyridine rings is 1. The fourth-order valence-electron chi connectivity index (χ4n) is 5.30. The van der Waals surface area contributed by atoms with Gasteiger partial charge >= 0.3 is 0 Å². The first kappa shape index (κ1) is 45.6. The maximum Gasteiger partial charge on any atom is 0.126 e. The molecule has 0 N–H and O–H groups in total. The van der Waals surface area contributed by atoms with Crippen LogP contribution in [0.25, 0.3) is 0 Å². The summed E-state index contributed by atoms with van der Waals surface area (Å²) < 4.78 is 18.9. The lowest BCUT2D eigenvalue weighted by atomic mass is 9.96. The average molecular weight is 698 g/mol. The minimum atomic E-state index is -0.0683. The van der Waals surface area contributed by atoms with Crippen molar-refractivity contribution in [3.63, 3.8) is 0 Å². The van der Waals surface area contributed by atoms with Crippen LogP contribution in [0.5, 0.6) is 5.75 Å². The van der Waals surface area contributed by atoms with Crippen molar-refractivity contribution in [3.8, 4) is 5.75 Å². The van der Waals surface area contributed by atoms with E-state index in [9.17, 15) is 4.39 Å². The summed E-state index contributed by atoms with van der Waals surface area (Å²) in [5.41, 5.74) is 9.87. The number of benzene rings is 3. The molecule has 4 aromatic rings. The summed E-state index contributed by atoms with van der Waals surface area (Å²) in [5, 5.41) is 0. The Morgan fingerprint density at radius 2 is 0.784 bits per heavy atom. The van der Waals surface area contributed by atoms with Crippen molar-refractivity contribution in [2.24, 2.45) is 0 Å². The zero-order chi connectivity index (χ0) is 39.0. The Balaban J connectivity index is 0.000000341. The molecule has 3 aromatic carbocycles. The van der Waals surface area contributed by atoms with Crippen molar-refractivity contribution in [1.82, 2.24) is 4.98 Å². The summed E-state index contributed by atoms with van der Waals surface area (Å²) in [5.74, 6) is 5.10. The van der Waals surface area contributed by atoms with Gasteiger partial charge in [0.15, 0.2) is 0 Å². The van der Waals surface area contributed by atoms with Crippen LogP contribution in [0, 0.1) is 5.82 Å². The van der Waals surface area contributed by atoms with E-state index in [2.05, 4.69) is 157 Å². The van der Waals surface area contributed by atoms with Crippen molar-refractivity contribution in [2.75, 3.05) is 7.11 Å². The van der Waals surface area contributed by atoms with Crippen molar-refractivity contribution >= 4 is 0 Å². The number of aromatic nitrogens is 1. The van der Waals surface area contributed by atoms with E-state index < -0.39 is 0 Å². The third-order valence-electron chi connectivity index (χ3n) is 9.20. The van der Waals surface area contributed by atoms with Crippen LogP contribution in [-0.2, 0) is 0 Å². The number of halogens is 1. The van der Waals surface area contributed by atoms with Gasteiger partial charge in [-0.15, -0.1) is 0 Å². The van der Waals surface area contributed by atoms with E-state index in [4.69, 9.17) is 4.74 Å². The molecule has 0 atom stereocenters. The summed E-state index contributed by atoms with van der Waals surface area (Å²) in [4.78, 5) is 4.40. The van der Waals surface area contributed by atoms with Crippen LogP contribution in [-0.4, -0.2) is 12.1 Å². The Morgan fingerprint density at radius 3 is 1.10 bits per heavy atom. The highest BCUT2D eigenvalue weighted by Crippen LogP contribution is 2.30. The molecule has 0 aliphatic carbocycles. The molecular formula is C48H72FNO. The van der Waals surface area contributed by atoms with Gasteiger partial charge in [0.05, 0.1) is 7.11 Å². The van der Waals surface area contributed by atoms with Crippen LogP contribution in [0.3, 0.4) is 0 Å². The lowest BCUT2D eigenvalue weighted by molar-refractivity contribution is 0.406. The van der Waals surface area contributed by atoms with Crippen molar-refractivity contribution in [2.45, 2.75) is 158 Å². The van der Waals surface area contributed by atoms with Crippen molar-refractivity contribution in [1.29, 1.82) is 0 Å². The van der Waals surface area contributed by atoms with Gasteiger partial charge in [-0.3, -0.25) is 4.98 Å². The first-order valence-electron chi connectivity index (χ1n) is 19.3. The minimum absolute atomic E-state index is 0.0683. The van der Waals surface area contributed by atoms with Crippen LogP contribution in [0.2, 0.25) is 0 Å². The normalized spacial score (nSPS) is 11.2. The molecule has 0 saturated heterocycles. The molecule has 0 amide bonds. The Labute approximate surface area is 313 Å². The number of rotatable bonds is 9. The molecule has 1 aromatic heterocycles. The van der Waals surface area contributed by atoms with Crippen LogP contribution in [0.15, 0.2) is 79.0 Å². The molecule has 4 rings (SSSR count). The van der Waals surface area contributed by atoms with Gasteiger partial charge in [-0.2, -0.15) is 0 Å². The molecule has 0 aliphatic heterocycles. The first-order chi connectivity index (χ1) is 23.8. The second kappa shape index (κ2) is 22.5. The SMILES string of the molecule is CC(C)c1ccc(C(C)C)c(F)c1.CC(C)c1ccc(C(C)C)cc1.CC(C)c1ccc(C(C)C)nc1.COc1cc(C(C)C)ccc1C(C)C. The third kappa shape index (κ3) is 15.8. The number of hydrogen-bond donors (Lipinski definition) is 0. The van der Waals surface area contributed by atoms with Crippen LogP contribution < -0.4 is 4.74 Å². The van der Waals surface area contributed by atoms with Gasteiger partial charge in [-0.1, -0.05) is 165 Å². The second-order valence-electron chi connectivity index (χ2n) is 16.2. The van der Waals surface area contributed by atoms with Gasteiger partial charge in [-0.05, 0) is 104 Å². The molecule has 282 valence electrons. The molecule has 0 saturated carbocycles. The van der Waals surface area contributed by atoms with Crippen LogP contribution >= 0.6 is 0 Å². The highest BCUT2D eigenvalue weighted by Gasteiger charge is 2.10. The quantitative estimate of drug-likeness (QED) is 0.174. The largest absolute Gasteiger partial charge is 0.496 e. The molecule has 0 bridgehead atoms. The van der Waals surface area contributed by atoms with Gasteiger partial charge in [0, 0.05) is 11.9 Å². The number of nitrogens with zero attached hydrogens (tertiary/aromatic N) is 1. The van der Waals surface area contributed by atoms with Gasteiger partial charge in [-0.25, -0.2) is 4.39 Å². The fourth-order valence-corrected chi connectivity index (χ4v) is 5.30. The summed E-state index contributed by atoms with van der Waals surface area (Å²) in [7, 11) is 1.74. The smallest absolute Gasteiger partial charge is 0.126 e. The molecule has 0 spiro atoms. The highest BCUT2D eigenvalue weighted by atomic mass is 19.1. The average Bonchev–Trinajstić information content (AvgIpc) is 3.08. The lowest BCUT2D eigenvalue weighted by Gasteiger charge is -2.14. The highest BCUT2D eigenvalue weighted by molar-refractivity contribution is 5.40. The molecule has 2 nitrogen and oxygen atoms in total. The summed E-state index contributed by atoms with van der Waals surface area (Å²) in [6.45, 7) is 34.5. The zero-order valence-electron chi connectivity index (χ0n) is 35.4. The first-order valence-corrected chi connectivity index (χ1v) is 19.3. The maximum atomic E-state index is 13.5. The van der Waals surface area contributed by atoms with Crippen molar-refractivity contribution in [3.05, 3.63) is 129 Å². The Morgan fingerprint density at radius 1 is 0.412 bits per heavy atom. The number of methoxy groups -OCH3 is 1. The fraction of sp³-hybridized carbons (Fsp3) is 0.521. The third-order valence-corrected chi connectivity index (χ3v) is 9.20. The molecular weight excluding hydrogens is 626 g/mol. The number of hydrogen-bond acceptors (Lipinski definition) is 2. The van der Waals surface area contributed by atoms with E-state index in [0.29, 0.717) is 41.4 Å². The van der Waals surface area contributed by atoms with E-state index >= 15 is 0 Å². The van der Waals surface area contributed by atoms with Crippen LogP contribution in [0.4, 0.5) is 4.39 Å². The van der Waals surface area contributed by atoms with Gasteiger partial charge < -0.3 is 4.74 Å². The molecule has 0 fully saturated rings. The monoisotopic (exact) mass is 698 g/mol. The second-order valence-corrected chi connectivity index (χ2v) is 16.2. The van der Waals surface area contributed by atoms with E-state index in [1.165, 1.54) is 33.5 Å². The minimum Gasteiger partial charge on any atom is -0.496 e. The van der Waals surface area contributed by atoms with E-state index in [1.807, 2.05) is 32.2 Å². The summed E-state index contributed by atoms with van der Waals surface area (Å²) >= 11 is 0. The summed E-state index contributed by atoms with van der Waals surface area (Å²) in [6, 6.07) is 25.3. The van der Waals surface area contributed by atoms with E-state index in [-0.39, 0.29) is 11.7 Å². The zero-order valence-corrected chi connectivity index (χ0v) is 35.4. The Hall–Kier alpha value is -3.46. The van der Waals surface area contributed by atoms with Gasteiger partial charge in [0.25, 0.3) is 0 Å². The van der Waals surface area contributed by atoms with E-state index in [0.717, 1.165) is 16.9 Å². The molecule has 1 heterocycles. The Bertz CT molecular complexity index is 1420. The standard InChI is InChI=1S/C13H20O.C12H17F.C12H18.C11H17N/c1-9(2)11-6-7-12(10(3)4)13(8-11)14-5;1-8(2)10-5-6-11(9(3)4)12(13)7-10;1-9(2)11-5-7-12(8-6-11)10(3)4;1-8(2)10-5-6-11(9(3)4)12-7-10/h6-10H,1-5H3;5-9H,1-4H3;5-10H,1-4H3;5-9H,1-4H3. The summed E-state index contributed by atoms with van der Waals surface area (Å²) in [6.07, 6.45) is 1.99. The number of ether oxygens (including phenoxy) is 1.